The molecule has 102 valence electrons. The molecule has 0 aromatic heterocycles. The molecule has 6 atom stereocenters. The predicted molar refractivity (Wildman–Crippen MR) is 62.6 cm³/mol. The SMILES string of the molecule is O=CC1CC2CC3C(=O)OC(=O)C3CC2CC1C=O. The molecule has 3 rings (SSSR count). The van der Waals surface area contributed by atoms with Gasteiger partial charge in [-0.3, -0.25) is 9.59 Å². The van der Waals surface area contributed by atoms with E-state index in [1.165, 1.54) is 0 Å². The van der Waals surface area contributed by atoms with Crippen molar-refractivity contribution in [3.05, 3.63) is 0 Å². The highest BCUT2D eigenvalue weighted by Crippen LogP contribution is 2.50. The second-order valence-corrected chi connectivity index (χ2v) is 6.02. The molecule has 1 heterocycles. The molecule has 1 saturated heterocycles. The summed E-state index contributed by atoms with van der Waals surface area (Å²) in [7, 11) is 0. The highest BCUT2D eigenvalue weighted by molar-refractivity contribution is 5.96. The van der Waals surface area contributed by atoms with Crippen molar-refractivity contribution in [2.45, 2.75) is 25.7 Å². The number of carbonyl (C=O) groups is 4. The molecule has 0 aromatic rings. The summed E-state index contributed by atoms with van der Waals surface area (Å²) in [6, 6.07) is 0. The average molecular weight is 264 g/mol. The zero-order valence-electron chi connectivity index (χ0n) is 10.5. The van der Waals surface area contributed by atoms with Crippen molar-refractivity contribution >= 4 is 24.5 Å². The normalized spacial score (nSPS) is 45.1. The molecule has 2 saturated carbocycles. The molecule has 1 aliphatic heterocycles. The summed E-state index contributed by atoms with van der Waals surface area (Å²) in [6.45, 7) is 0. The minimum Gasteiger partial charge on any atom is -0.393 e. The van der Waals surface area contributed by atoms with E-state index in [0.29, 0.717) is 25.7 Å². The monoisotopic (exact) mass is 264 g/mol. The van der Waals surface area contributed by atoms with Crippen LogP contribution in [0.2, 0.25) is 0 Å². The van der Waals surface area contributed by atoms with E-state index in [4.69, 9.17) is 4.74 Å². The van der Waals surface area contributed by atoms with Crippen LogP contribution in [0.15, 0.2) is 0 Å². The number of fused-ring (bicyclic) bond motifs is 2. The van der Waals surface area contributed by atoms with E-state index in [9.17, 15) is 19.2 Å². The van der Waals surface area contributed by atoms with E-state index in [-0.39, 0.29) is 35.5 Å². The fourth-order valence-corrected chi connectivity index (χ4v) is 4.08. The molecule has 6 unspecified atom stereocenters. The lowest BCUT2D eigenvalue weighted by Gasteiger charge is -2.42. The van der Waals surface area contributed by atoms with Crippen LogP contribution in [0.5, 0.6) is 0 Å². The van der Waals surface area contributed by atoms with Crippen LogP contribution in [-0.2, 0) is 23.9 Å². The lowest BCUT2D eigenvalue weighted by atomic mass is 9.59. The van der Waals surface area contributed by atoms with E-state index >= 15 is 0 Å². The molecule has 0 aromatic carbocycles. The van der Waals surface area contributed by atoms with E-state index in [1.807, 2.05) is 0 Å². The lowest BCUT2D eigenvalue weighted by molar-refractivity contribution is -0.153. The van der Waals surface area contributed by atoms with Gasteiger partial charge in [0.15, 0.2) is 0 Å². The zero-order valence-corrected chi connectivity index (χ0v) is 10.5. The Hall–Kier alpha value is -1.52. The van der Waals surface area contributed by atoms with E-state index < -0.39 is 11.9 Å². The standard InChI is InChI=1S/C14H16O5/c15-5-9-1-7-3-11-12(14(18)19-13(11)17)4-8(7)2-10(9)6-16/h5-12H,1-4H2. The third kappa shape index (κ3) is 1.91. The smallest absolute Gasteiger partial charge is 0.317 e. The second-order valence-electron chi connectivity index (χ2n) is 6.02. The Kier molecular flexibility index (Phi) is 2.99. The first-order valence-corrected chi connectivity index (χ1v) is 6.80. The summed E-state index contributed by atoms with van der Waals surface area (Å²) in [6.07, 6.45) is 4.27. The summed E-state index contributed by atoms with van der Waals surface area (Å²) in [5.74, 6) is -1.42. The van der Waals surface area contributed by atoms with Crippen LogP contribution in [0.3, 0.4) is 0 Å². The van der Waals surface area contributed by atoms with Gasteiger partial charge >= 0.3 is 11.9 Å². The summed E-state index contributed by atoms with van der Waals surface area (Å²) >= 11 is 0. The van der Waals surface area contributed by atoms with Gasteiger partial charge in [0.05, 0.1) is 11.8 Å². The number of ether oxygens (including phenoxy) is 1. The fourth-order valence-electron chi connectivity index (χ4n) is 4.08. The minimum atomic E-state index is -0.409. The zero-order chi connectivity index (χ0) is 13.6. The second kappa shape index (κ2) is 4.54. The van der Waals surface area contributed by atoms with Crippen LogP contribution >= 0.6 is 0 Å². The van der Waals surface area contributed by atoms with Gasteiger partial charge < -0.3 is 14.3 Å². The van der Waals surface area contributed by atoms with Crippen molar-refractivity contribution in [3.8, 4) is 0 Å². The van der Waals surface area contributed by atoms with Crippen molar-refractivity contribution in [3.63, 3.8) is 0 Å². The maximum atomic E-state index is 11.6. The molecule has 0 spiro atoms. The number of aldehydes is 2. The van der Waals surface area contributed by atoms with E-state index in [1.54, 1.807) is 0 Å². The molecule has 0 amide bonds. The molecule has 5 heteroatoms. The number of rotatable bonds is 2. The van der Waals surface area contributed by atoms with Crippen LogP contribution < -0.4 is 0 Å². The third-order valence-corrected chi connectivity index (χ3v) is 5.12. The quantitative estimate of drug-likeness (QED) is 0.418. The Balaban J connectivity index is 1.79. The lowest BCUT2D eigenvalue weighted by Crippen LogP contribution is -2.41. The summed E-state index contributed by atoms with van der Waals surface area (Å²) in [5, 5.41) is 0. The topological polar surface area (TPSA) is 77.5 Å². The first-order chi connectivity index (χ1) is 9.13. The Morgan fingerprint density at radius 1 is 0.789 bits per heavy atom. The Labute approximate surface area is 110 Å². The number of cyclic esters (lactones) is 2. The Bertz CT molecular complexity index is 403. The molecule has 0 bridgehead atoms. The van der Waals surface area contributed by atoms with E-state index in [0.717, 1.165) is 12.6 Å². The van der Waals surface area contributed by atoms with Crippen LogP contribution in [0.4, 0.5) is 0 Å². The molecule has 2 aliphatic carbocycles. The molecular formula is C14H16O5. The van der Waals surface area contributed by atoms with Crippen molar-refractivity contribution in [2.24, 2.45) is 35.5 Å². The van der Waals surface area contributed by atoms with Gasteiger partial charge in [-0.25, -0.2) is 0 Å². The van der Waals surface area contributed by atoms with Crippen molar-refractivity contribution < 1.29 is 23.9 Å². The number of hydrogen-bond acceptors (Lipinski definition) is 5. The average Bonchev–Trinajstić information content (AvgIpc) is 2.69. The molecule has 19 heavy (non-hydrogen) atoms. The van der Waals surface area contributed by atoms with Crippen LogP contribution in [-0.4, -0.2) is 24.5 Å². The van der Waals surface area contributed by atoms with Crippen molar-refractivity contribution in [2.75, 3.05) is 0 Å². The van der Waals surface area contributed by atoms with Crippen molar-refractivity contribution in [1.29, 1.82) is 0 Å². The molecule has 3 aliphatic rings. The molecule has 5 nitrogen and oxygen atoms in total. The van der Waals surface area contributed by atoms with Gasteiger partial charge in [0.25, 0.3) is 0 Å². The van der Waals surface area contributed by atoms with E-state index in [2.05, 4.69) is 0 Å². The number of esters is 2. The van der Waals surface area contributed by atoms with Gasteiger partial charge in [0, 0.05) is 11.8 Å². The van der Waals surface area contributed by atoms with Gasteiger partial charge in [-0.15, -0.1) is 0 Å². The van der Waals surface area contributed by atoms with Gasteiger partial charge in [-0.1, -0.05) is 0 Å². The van der Waals surface area contributed by atoms with Gasteiger partial charge in [-0.05, 0) is 37.5 Å². The Morgan fingerprint density at radius 2 is 1.21 bits per heavy atom. The maximum Gasteiger partial charge on any atom is 0.317 e. The predicted octanol–water partition coefficient (Wildman–Crippen LogP) is 0.752. The first kappa shape index (κ1) is 12.5. The summed E-state index contributed by atoms with van der Waals surface area (Å²) in [4.78, 5) is 45.3. The van der Waals surface area contributed by atoms with Crippen LogP contribution in [0.1, 0.15) is 25.7 Å². The maximum absolute atomic E-state index is 11.6. The first-order valence-electron chi connectivity index (χ1n) is 6.80. The van der Waals surface area contributed by atoms with Gasteiger partial charge in [0.2, 0.25) is 0 Å². The van der Waals surface area contributed by atoms with Gasteiger partial charge in [0.1, 0.15) is 12.6 Å². The summed E-state index contributed by atoms with van der Waals surface area (Å²) < 4.78 is 4.70. The highest BCUT2D eigenvalue weighted by Gasteiger charge is 2.52. The minimum absolute atomic E-state index is 0.233. The Morgan fingerprint density at radius 3 is 1.58 bits per heavy atom. The van der Waals surface area contributed by atoms with Crippen LogP contribution in [0, 0.1) is 35.5 Å². The van der Waals surface area contributed by atoms with Crippen LogP contribution in [0.25, 0.3) is 0 Å². The highest BCUT2D eigenvalue weighted by atomic mass is 16.6. The molecule has 0 radical (unpaired) electrons. The van der Waals surface area contributed by atoms with Crippen molar-refractivity contribution in [1.82, 2.24) is 0 Å². The molecular weight excluding hydrogens is 248 g/mol. The largest absolute Gasteiger partial charge is 0.393 e. The molecule has 3 fully saturated rings. The third-order valence-electron chi connectivity index (χ3n) is 5.12. The number of hydrogen-bond donors (Lipinski definition) is 0. The summed E-state index contributed by atoms with van der Waals surface area (Å²) in [5.41, 5.74) is 0. The fraction of sp³-hybridized carbons (Fsp3) is 0.714. The number of carbonyl (C=O) groups excluding carboxylic acids is 4. The van der Waals surface area contributed by atoms with Gasteiger partial charge in [-0.2, -0.15) is 0 Å². The molecule has 0 N–H and O–H groups in total.